The van der Waals surface area contributed by atoms with Crippen molar-refractivity contribution in [3.05, 3.63) is 23.2 Å². The Morgan fingerprint density at radius 3 is 2.35 bits per heavy atom. The summed E-state index contributed by atoms with van der Waals surface area (Å²) in [4.78, 5) is 35.9. The third kappa shape index (κ3) is 8.35. The van der Waals surface area contributed by atoms with Crippen LogP contribution in [0.3, 0.4) is 0 Å². The first-order valence-corrected chi connectivity index (χ1v) is 11.4. The molecule has 174 valence electrons. The Kier molecular flexibility index (Phi) is 10.2. The number of carbonyl (C=O) groups excluding carboxylic acids is 3. The van der Waals surface area contributed by atoms with Gasteiger partial charge in [-0.2, -0.15) is 0 Å². The zero-order chi connectivity index (χ0) is 23.8. The van der Waals surface area contributed by atoms with E-state index in [0.717, 1.165) is 4.31 Å². The molecule has 0 bridgehead atoms. The van der Waals surface area contributed by atoms with E-state index < -0.39 is 34.0 Å². The van der Waals surface area contributed by atoms with Crippen molar-refractivity contribution in [2.45, 2.75) is 38.1 Å². The van der Waals surface area contributed by atoms with Gasteiger partial charge < -0.3 is 20.7 Å². The quantitative estimate of drug-likeness (QED) is 0.465. The molecule has 0 aliphatic rings. The molecule has 0 aliphatic heterocycles. The molecule has 31 heavy (non-hydrogen) atoms. The summed E-state index contributed by atoms with van der Waals surface area (Å²) >= 11 is 5.97. The molecule has 3 amide bonds. The lowest BCUT2D eigenvalue weighted by Crippen LogP contribution is -2.46. The third-order valence-electron chi connectivity index (χ3n) is 4.02. The highest BCUT2D eigenvalue weighted by Gasteiger charge is 2.23. The highest BCUT2D eigenvalue weighted by Crippen LogP contribution is 2.26. The van der Waals surface area contributed by atoms with Gasteiger partial charge >= 0.3 is 17.9 Å². The Labute approximate surface area is 187 Å². The maximum absolute atomic E-state index is 12.3. The topological polar surface area (TPSA) is 134 Å². The van der Waals surface area contributed by atoms with Crippen LogP contribution >= 0.6 is 11.6 Å². The fourth-order valence-corrected chi connectivity index (χ4v) is 3.96. The van der Waals surface area contributed by atoms with Crippen molar-refractivity contribution in [1.82, 2.24) is 14.9 Å². The number of carbonyl (C=O) groups is 3. The Balaban J connectivity index is 2.81. The molecular weight excluding hydrogens is 448 g/mol. The summed E-state index contributed by atoms with van der Waals surface area (Å²) in [5.74, 6) is -1.70. The van der Waals surface area contributed by atoms with Crippen molar-refractivity contribution in [2.24, 2.45) is 5.92 Å². The number of anilines is 1. The number of amides is 3. The lowest BCUT2D eigenvalue weighted by atomic mass is 10.0. The second-order valence-corrected chi connectivity index (χ2v) is 9.82. The zero-order valence-corrected chi connectivity index (χ0v) is 19.8. The van der Waals surface area contributed by atoms with Crippen LogP contribution in [-0.2, 0) is 24.3 Å². The van der Waals surface area contributed by atoms with E-state index in [1.807, 2.05) is 13.8 Å². The minimum Gasteiger partial charge on any atom is -0.450 e. The van der Waals surface area contributed by atoms with E-state index in [9.17, 15) is 22.8 Å². The fraction of sp³-hybridized carbons (Fsp3) is 0.526. The highest BCUT2D eigenvalue weighted by atomic mass is 35.5. The highest BCUT2D eigenvalue weighted by molar-refractivity contribution is 7.89. The van der Waals surface area contributed by atoms with E-state index in [1.54, 1.807) is 6.92 Å². The second kappa shape index (κ2) is 11.9. The van der Waals surface area contributed by atoms with Crippen LogP contribution in [0.4, 0.5) is 10.5 Å². The monoisotopic (exact) mass is 476 g/mol. The molecular formula is C19H29ClN4O6S. The van der Waals surface area contributed by atoms with Gasteiger partial charge in [0, 0.05) is 32.4 Å². The standard InChI is InChI=1S/C19H29ClN4O6S/c1-6-30-19(27)23-14(9-12(2)3)11-21-17(25)18(26)22-13-7-8-15(20)16(10-13)31(28,29)24(4)5/h7-8,10,12,14H,6,9,11H2,1-5H3,(H,21,25)(H,22,26)(H,23,27). The largest absolute Gasteiger partial charge is 0.450 e. The number of benzene rings is 1. The SMILES string of the molecule is CCOC(=O)NC(CNC(=O)C(=O)Nc1ccc(Cl)c(S(=O)(=O)N(C)C)c1)CC(C)C. The van der Waals surface area contributed by atoms with Gasteiger partial charge in [0.2, 0.25) is 10.0 Å². The van der Waals surface area contributed by atoms with Crippen molar-refractivity contribution in [1.29, 1.82) is 0 Å². The molecule has 1 unspecified atom stereocenters. The van der Waals surface area contributed by atoms with Crippen LogP contribution in [0.5, 0.6) is 0 Å². The average molecular weight is 477 g/mol. The second-order valence-electron chi connectivity index (χ2n) is 7.29. The van der Waals surface area contributed by atoms with Crippen LogP contribution in [-0.4, -0.2) is 63.9 Å². The molecule has 0 fully saturated rings. The third-order valence-corrected chi connectivity index (χ3v) is 6.31. The van der Waals surface area contributed by atoms with Gasteiger partial charge in [0.25, 0.3) is 0 Å². The number of rotatable bonds is 9. The molecule has 0 aliphatic carbocycles. The average Bonchev–Trinajstić information content (AvgIpc) is 2.66. The molecule has 1 rings (SSSR count). The number of sulfonamides is 1. The van der Waals surface area contributed by atoms with Crippen molar-refractivity contribution in [3.8, 4) is 0 Å². The lowest BCUT2D eigenvalue weighted by Gasteiger charge is -2.20. The molecule has 0 saturated carbocycles. The molecule has 1 aromatic carbocycles. The predicted molar refractivity (Wildman–Crippen MR) is 117 cm³/mol. The maximum Gasteiger partial charge on any atom is 0.407 e. The van der Waals surface area contributed by atoms with Crippen molar-refractivity contribution in [2.75, 3.05) is 32.6 Å². The smallest absolute Gasteiger partial charge is 0.407 e. The molecule has 0 heterocycles. The van der Waals surface area contributed by atoms with Gasteiger partial charge in [-0.15, -0.1) is 0 Å². The summed E-state index contributed by atoms with van der Waals surface area (Å²) < 4.78 is 30.5. The minimum absolute atomic E-state index is 0.0160. The summed E-state index contributed by atoms with van der Waals surface area (Å²) in [6, 6.07) is 3.44. The van der Waals surface area contributed by atoms with E-state index in [1.165, 1.54) is 32.3 Å². The molecule has 0 radical (unpaired) electrons. The van der Waals surface area contributed by atoms with Gasteiger partial charge in [-0.3, -0.25) is 9.59 Å². The summed E-state index contributed by atoms with van der Waals surface area (Å²) in [7, 11) is -1.14. The fourth-order valence-electron chi connectivity index (χ4n) is 2.56. The van der Waals surface area contributed by atoms with Gasteiger partial charge in [0.05, 0.1) is 11.6 Å². The Morgan fingerprint density at radius 1 is 1.16 bits per heavy atom. The van der Waals surface area contributed by atoms with E-state index >= 15 is 0 Å². The normalized spacial score (nSPS) is 12.4. The van der Waals surface area contributed by atoms with Gasteiger partial charge in [-0.05, 0) is 37.5 Å². The molecule has 12 heteroatoms. The lowest BCUT2D eigenvalue weighted by molar-refractivity contribution is -0.136. The number of alkyl carbamates (subject to hydrolysis) is 1. The van der Waals surface area contributed by atoms with Crippen LogP contribution < -0.4 is 16.0 Å². The van der Waals surface area contributed by atoms with E-state index in [0.29, 0.717) is 6.42 Å². The number of nitrogens with one attached hydrogen (secondary N) is 3. The zero-order valence-electron chi connectivity index (χ0n) is 18.2. The van der Waals surface area contributed by atoms with E-state index in [-0.39, 0.29) is 34.7 Å². The Bertz CT molecular complexity index is 905. The summed E-state index contributed by atoms with van der Waals surface area (Å²) in [6.07, 6.45) is -0.0495. The number of ether oxygens (including phenoxy) is 1. The Hall–Kier alpha value is -2.37. The van der Waals surface area contributed by atoms with Gasteiger partial charge in [-0.25, -0.2) is 17.5 Å². The predicted octanol–water partition coefficient (Wildman–Crippen LogP) is 1.81. The molecule has 0 spiro atoms. The molecule has 1 aromatic rings. The van der Waals surface area contributed by atoms with E-state index in [4.69, 9.17) is 16.3 Å². The Morgan fingerprint density at radius 2 is 1.81 bits per heavy atom. The van der Waals surface area contributed by atoms with Crippen LogP contribution in [0, 0.1) is 5.92 Å². The first-order chi connectivity index (χ1) is 14.4. The molecule has 1 atom stereocenters. The summed E-state index contributed by atoms with van der Waals surface area (Å²) in [6.45, 7) is 5.81. The van der Waals surface area contributed by atoms with Crippen molar-refractivity contribution >= 4 is 45.2 Å². The maximum atomic E-state index is 12.3. The van der Waals surface area contributed by atoms with Crippen LogP contribution in [0.25, 0.3) is 0 Å². The van der Waals surface area contributed by atoms with Crippen LogP contribution in [0.2, 0.25) is 5.02 Å². The number of nitrogens with zero attached hydrogens (tertiary/aromatic N) is 1. The number of hydrogen-bond acceptors (Lipinski definition) is 6. The van der Waals surface area contributed by atoms with Crippen LogP contribution in [0.15, 0.2) is 23.1 Å². The van der Waals surface area contributed by atoms with Gasteiger partial charge in [0.15, 0.2) is 0 Å². The van der Waals surface area contributed by atoms with Crippen molar-refractivity contribution in [3.63, 3.8) is 0 Å². The van der Waals surface area contributed by atoms with Crippen molar-refractivity contribution < 1.29 is 27.5 Å². The molecule has 0 aromatic heterocycles. The summed E-state index contributed by atoms with van der Waals surface area (Å²) in [5, 5.41) is 7.42. The summed E-state index contributed by atoms with van der Waals surface area (Å²) in [5.41, 5.74) is 0.0911. The van der Waals surface area contributed by atoms with E-state index in [2.05, 4.69) is 16.0 Å². The molecule has 0 saturated heterocycles. The minimum atomic E-state index is -3.84. The molecule has 3 N–H and O–H groups in total. The molecule has 10 nitrogen and oxygen atoms in total. The first kappa shape index (κ1) is 26.7. The van der Waals surface area contributed by atoms with Crippen LogP contribution in [0.1, 0.15) is 27.2 Å². The number of halogens is 1. The van der Waals surface area contributed by atoms with Gasteiger partial charge in [0.1, 0.15) is 4.90 Å². The first-order valence-electron chi connectivity index (χ1n) is 9.63. The van der Waals surface area contributed by atoms with Gasteiger partial charge in [-0.1, -0.05) is 25.4 Å². The number of hydrogen-bond donors (Lipinski definition) is 3.